The van der Waals surface area contributed by atoms with Crippen LogP contribution in [0.1, 0.15) is 0 Å². The molecule has 0 fully saturated rings. The maximum atomic E-state index is 10.7. The monoisotopic (exact) mass is 274 g/mol. The number of halogens is 3. The molecule has 10 heteroatoms. The number of rotatable bonds is 4. The Balaban J connectivity index is 3.94. The molecule has 0 spiro atoms. The highest BCUT2D eigenvalue weighted by atomic mass is 35.6. The smallest absolute Gasteiger partial charge is 0.289 e. The number of hydrogen-bond donors (Lipinski definition) is 2. The van der Waals surface area contributed by atoms with Gasteiger partial charge in [-0.25, -0.2) is 0 Å². The van der Waals surface area contributed by atoms with E-state index in [-0.39, 0.29) is 0 Å². The van der Waals surface area contributed by atoms with Gasteiger partial charge in [-0.2, -0.15) is 8.42 Å². The molecule has 0 bridgehead atoms. The van der Waals surface area contributed by atoms with Crippen molar-refractivity contribution in [3.8, 4) is 0 Å². The van der Waals surface area contributed by atoms with Gasteiger partial charge in [0.15, 0.2) is 0 Å². The summed E-state index contributed by atoms with van der Waals surface area (Å²) in [5.74, 6) is 0. The van der Waals surface area contributed by atoms with Gasteiger partial charge in [-0.1, -0.05) is 39.7 Å². The fourth-order valence-corrected chi connectivity index (χ4v) is 2.25. The van der Waals surface area contributed by atoms with E-state index in [1.54, 1.807) is 4.89 Å². The first-order valence-corrected chi connectivity index (χ1v) is 5.76. The third-order valence-electron chi connectivity index (χ3n) is 0.460. The first-order valence-electron chi connectivity index (χ1n) is 2.33. The molecule has 0 amide bonds. The molecule has 12 heavy (non-hydrogen) atoms. The predicted molar refractivity (Wildman–Crippen MR) is 50.1 cm³/mol. The van der Waals surface area contributed by atoms with Crippen LogP contribution in [0.3, 0.4) is 0 Å². The molecule has 0 saturated carbocycles. The van der Waals surface area contributed by atoms with Crippen molar-refractivity contribution in [2.75, 3.05) is 7.11 Å². The molecule has 0 aliphatic carbocycles. The average Bonchev–Trinajstić information content (AvgIpc) is 1.83. The van der Waals surface area contributed by atoms with Crippen molar-refractivity contribution in [1.82, 2.24) is 9.01 Å². The summed E-state index contributed by atoms with van der Waals surface area (Å²) in [4.78, 5) is 5.79. The lowest BCUT2D eigenvalue weighted by molar-refractivity contribution is 0.153. The Hall–Kier alpha value is 1.05. The van der Waals surface area contributed by atoms with E-state index in [4.69, 9.17) is 34.8 Å². The molecule has 0 aromatic carbocycles. The van der Waals surface area contributed by atoms with Gasteiger partial charge in [-0.3, -0.25) is 4.84 Å². The summed E-state index contributed by atoms with van der Waals surface area (Å²) < 4.78 is 21.6. The van der Waals surface area contributed by atoms with Crippen LogP contribution < -0.4 is 9.01 Å². The molecular formula is C2H5Cl3N2O3S2. The van der Waals surface area contributed by atoms with Gasteiger partial charge in [-0.15, -0.1) is 4.13 Å². The molecule has 0 rings (SSSR count). The molecule has 5 nitrogen and oxygen atoms in total. The average molecular weight is 276 g/mol. The van der Waals surface area contributed by atoms with Crippen LogP contribution in [0, 0.1) is 0 Å². The van der Waals surface area contributed by atoms with E-state index in [0.29, 0.717) is 11.9 Å². The SMILES string of the molecule is CONS(=O)(=O)NSC(Cl)(Cl)Cl. The highest BCUT2D eigenvalue weighted by molar-refractivity contribution is 8.11. The Bertz CT molecular complexity index is 224. The zero-order valence-electron chi connectivity index (χ0n) is 5.68. The highest BCUT2D eigenvalue weighted by Crippen LogP contribution is 2.36. The lowest BCUT2D eigenvalue weighted by Gasteiger charge is -2.10. The van der Waals surface area contributed by atoms with E-state index in [9.17, 15) is 8.42 Å². The van der Waals surface area contributed by atoms with Crippen molar-refractivity contribution in [2.45, 2.75) is 3.12 Å². The van der Waals surface area contributed by atoms with Crippen molar-refractivity contribution in [3.05, 3.63) is 0 Å². The lowest BCUT2D eigenvalue weighted by Crippen LogP contribution is -2.33. The summed E-state index contributed by atoms with van der Waals surface area (Å²) in [7, 11) is -2.64. The maximum absolute atomic E-state index is 10.7. The molecule has 0 atom stereocenters. The van der Waals surface area contributed by atoms with Crippen LogP contribution in [0.25, 0.3) is 0 Å². The molecule has 0 heterocycles. The first-order chi connectivity index (χ1) is 5.27. The second kappa shape index (κ2) is 5.06. The summed E-state index contributed by atoms with van der Waals surface area (Å²) in [6.07, 6.45) is 0. The van der Waals surface area contributed by atoms with Gasteiger partial charge >= 0.3 is 10.2 Å². The van der Waals surface area contributed by atoms with Crippen LogP contribution >= 0.6 is 46.8 Å². The zero-order valence-corrected chi connectivity index (χ0v) is 9.58. The quantitative estimate of drug-likeness (QED) is 0.455. The first kappa shape index (κ1) is 13.1. The summed E-state index contributed by atoms with van der Waals surface area (Å²) in [5.41, 5.74) is 0. The topological polar surface area (TPSA) is 67.4 Å². The number of hydrogen-bond acceptors (Lipinski definition) is 4. The van der Waals surface area contributed by atoms with Crippen LogP contribution in [0.2, 0.25) is 0 Å². The van der Waals surface area contributed by atoms with Crippen molar-refractivity contribution < 1.29 is 13.3 Å². The molecule has 0 aromatic rings. The van der Waals surface area contributed by atoms with Gasteiger partial charge < -0.3 is 0 Å². The van der Waals surface area contributed by atoms with E-state index in [1.807, 2.05) is 4.13 Å². The molecule has 2 N–H and O–H groups in total. The Morgan fingerprint density at radius 1 is 1.42 bits per heavy atom. The number of alkyl halides is 3. The van der Waals surface area contributed by atoms with Gasteiger partial charge in [0, 0.05) is 0 Å². The fraction of sp³-hybridized carbons (Fsp3) is 1.00. The number of nitrogens with one attached hydrogen (secondary N) is 2. The molecule has 0 radical (unpaired) electrons. The third kappa shape index (κ3) is 7.69. The molecule has 0 aliphatic rings. The van der Waals surface area contributed by atoms with Crippen molar-refractivity contribution >= 4 is 57.0 Å². The Kier molecular flexibility index (Phi) is 5.50. The molecule has 0 saturated heterocycles. The van der Waals surface area contributed by atoms with E-state index in [2.05, 4.69) is 4.84 Å². The fourth-order valence-electron chi connectivity index (χ4n) is 0.229. The van der Waals surface area contributed by atoms with Crippen LogP contribution in [0.5, 0.6) is 0 Å². The van der Waals surface area contributed by atoms with Crippen LogP contribution in [0.15, 0.2) is 0 Å². The van der Waals surface area contributed by atoms with Gasteiger partial charge in [0.1, 0.15) is 0 Å². The normalized spacial score (nSPS) is 13.3. The standard InChI is InChI=1S/C2H5Cl3N2O3S2/c1-10-6-12(8,9)7-11-2(3,4)5/h6-7H,1H3. The second-order valence-electron chi connectivity index (χ2n) is 1.42. The minimum atomic E-state index is -3.78. The van der Waals surface area contributed by atoms with Crippen molar-refractivity contribution in [3.63, 3.8) is 0 Å². The third-order valence-corrected chi connectivity index (χ3v) is 2.98. The molecular weight excluding hydrogens is 271 g/mol. The Morgan fingerprint density at radius 3 is 2.25 bits per heavy atom. The molecule has 0 aromatic heterocycles. The Morgan fingerprint density at radius 2 is 1.92 bits per heavy atom. The minimum Gasteiger partial charge on any atom is -0.289 e. The lowest BCUT2D eigenvalue weighted by atomic mass is 11.7. The van der Waals surface area contributed by atoms with E-state index in [0.717, 1.165) is 7.11 Å². The van der Waals surface area contributed by atoms with Gasteiger partial charge in [0.25, 0.3) is 3.12 Å². The Labute approximate surface area is 89.3 Å². The molecule has 74 valence electrons. The van der Waals surface area contributed by atoms with Gasteiger partial charge in [0.2, 0.25) is 0 Å². The zero-order chi connectivity index (χ0) is 9.83. The van der Waals surface area contributed by atoms with Gasteiger partial charge in [0.05, 0.1) is 7.11 Å². The predicted octanol–water partition coefficient (Wildman–Crippen LogP) is 0.948. The summed E-state index contributed by atoms with van der Waals surface area (Å²) in [5, 5.41) is 0. The summed E-state index contributed by atoms with van der Waals surface area (Å²) in [6, 6.07) is 0. The highest BCUT2D eigenvalue weighted by Gasteiger charge is 2.23. The van der Waals surface area contributed by atoms with Gasteiger partial charge in [-0.05, 0) is 11.9 Å². The summed E-state index contributed by atoms with van der Waals surface area (Å²) >= 11 is 16.1. The van der Waals surface area contributed by atoms with Crippen molar-refractivity contribution in [1.29, 1.82) is 0 Å². The molecule has 0 aliphatic heterocycles. The maximum Gasteiger partial charge on any atom is 0.308 e. The van der Waals surface area contributed by atoms with Crippen LogP contribution in [0.4, 0.5) is 0 Å². The largest absolute Gasteiger partial charge is 0.308 e. The van der Waals surface area contributed by atoms with Crippen LogP contribution in [-0.4, -0.2) is 18.7 Å². The molecule has 0 unspecified atom stereocenters. The second-order valence-corrected chi connectivity index (χ2v) is 7.03. The van der Waals surface area contributed by atoms with E-state index >= 15 is 0 Å². The summed E-state index contributed by atoms with van der Waals surface area (Å²) in [6.45, 7) is 0. The van der Waals surface area contributed by atoms with E-state index < -0.39 is 13.3 Å². The van der Waals surface area contributed by atoms with Crippen molar-refractivity contribution in [2.24, 2.45) is 0 Å². The van der Waals surface area contributed by atoms with Crippen LogP contribution in [-0.2, 0) is 15.0 Å². The van der Waals surface area contributed by atoms with E-state index in [1.165, 1.54) is 0 Å². The minimum absolute atomic E-state index is 0.396.